The van der Waals surface area contributed by atoms with E-state index < -0.39 is 0 Å². The Morgan fingerprint density at radius 3 is 2.21 bits per heavy atom. The number of methoxy groups -OCH3 is 3. The van der Waals surface area contributed by atoms with Gasteiger partial charge in [0.15, 0.2) is 17.5 Å². The van der Waals surface area contributed by atoms with Gasteiger partial charge in [-0.05, 0) is 42.9 Å². The zero-order valence-corrected chi connectivity index (χ0v) is 20.2. The Labute approximate surface area is 186 Å². The summed E-state index contributed by atoms with van der Waals surface area (Å²) in [6, 6.07) is 3.88. The molecule has 2 atom stereocenters. The van der Waals surface area contributed by atoms with Crippen molar-refractivity contribution in [3.05, 3.63) is 17.7 Å². The molecule has 1 saturated carbocycles. The first-order valence-electron chi connectivity index (χ1n) is 9.93. The van der Waals surface area contributed by atoms with Gasteiger partial charge in [0.05, 0.1) is 27.9 Å². The molecule has 160 valence electrons. The smallest absolute Gasteiger partial charge is 0.203 e. The molecule has 0 radical (unpaired) electrons. The van der Waals surface area contributed by atoms with Crippen LogP contribution in [0.3, 0.4) is 0 Å². The number of rotatable bonds is 8. The monoisotopic (exact) mass is 505 g/mol. The summed E-state index contributed by atoms with van der Waals surface area (Å²) < 4.78 is 16.2. The predicted octanol–water partition coefficient (Wildman–Crippen LogP) is 4.21. The summed E-state index contributed by atoms with van der Waals surface area (Å²) in [7, 11) is 4.86. The molecule has 2 rings (SSSR count). The first-order valence-corrected chi connectivity index (χ1v) is 9.93. The molecule has 1 fully saturated rings. The number of nitrogens with zero attached hydrogens (tertiary/aromatic N) is 1. The van der Waals surface area contributed by atoms with Crippen LogP contribution in [0.15, 0.2) is 17.1 Å². The minimum atomic E-state index is 0. The van der Waals surface area contributed by atoms with Crippen LogP contribution in [0.5, 0.6) is 17.2 Å². The van der Waals surface area contributed by atoms with Crippen molar-refractivity contribution in [3.63, 3.8) is 0 Å². The van der Waals surface area contributed by atoms with E-state index in [0.29, 0.717) is 23.8 Å². The van der Waals surface area contributed by atoms with Gasteiger partial charge in [0, 0.05) is 13.1 Å². The molecular weight excluding hydrogens is 469 g/mol. The maximum Gasteiger partial charge on any atom is 0.203 e. The second-order valence-corrected chi connectivity index (χ2v) is 7.13. The Balaban J connectivity index is 0.00000392. The van der Waals surface area contributed by atoms with Crippen molar-refractivity contribution in [1.29, 1.82) is 0 Å². The van der Waals surface area contributed by atoms with Gasteiger partial charge in [-0.2, -0.15) is 0 Å². The largest absolute Gasteiger partial charge is 0.493 e. The lowest BCUT2D eigenvalue weighted by atomic mass is 9.80. The molecule has 1 aromatic carbocycles. The lowest BCUT2D eigenvalue weighted by molar-refractivity contribution is 0.256. The van der Waals surface area contributed by atoms with Crippen molar-refractivity contribution >= 4 is 29.9 Å². The van der Waals surface area contributed by atoms with E-state index in [-0.39, 0.29) is 24.0 Å². The lowest BCUT2D eigenvalue weighted by Gasteiger charge is -2.29. The fourth-order valence-electron chi connectivity index (χ4n) is 3.66. The molecule has 2 unspecified atom stereocenters. The predicted molar refractivity (Wildman–Crippen MR) is 125 cm³/mol. The van der Waals surface area contributed by atoms with Crippen LogP contribution in [0.4, 0.5) is 0 Å². The Hall–Kier alpha value is -1.38. The normalized spacial score (nSPS) is 19.4. The van der Waals surface area contributed by atoms with E-state index in [9.17, 15) is 0 Å². The van der Waals surface area contributed by atoms with Gasteiger partial charge in [0.1, 0.15) is 0 Å². The highest BCUT2D eigenvalue weighted by atomic mass is 127. The van der Waals surface area contributed by atoms with Crippen molar-refractivity contribution in [1.82, 2.24) is 10.6 Å². The number of nitrogens with one attached hydrogen (secondary N) is 2. The number of ether oxygens (including phenoxy) is 3. The minimum Gasteiger partial charge on any atom is -0.493 e. The van der Waals surface area contributed by atoms with Crippen LogP contribution < -0.4 is 24.8 Å². The van der Waals surface area contributed by atoms with Crippen LogP contribution in [0.1, 0.15) is 45.1 Å². The van der Waals surface area contributed by atoms with Crippen molar-refractivity contribution in [2.24, 2.45) is 16.8 Å². The molecular formula is C21H36IN3O3. The van der Waals surface area contributed by atoms with Crippen LogP contribution in [0.25, 0.3) is 0 Å². The molecule has 0 bridgehead atoms. The summed E-state index contributed by atoms with van der Waals surface area (Å²) in [6.07, 6.45) is 5.36. The second kappa shape index (κ2) is 13.0. The fourth-order valence-corrected chi connectivity index (χ4v) is 3.66. The molecule has 1 aliphatic carbocycles. The van der Waals surface area contributed by atoms with Crippen LogP contribution in [0.2, 0.25) is 0 Å². The summed E-state index contributed by atoms with van der Waals surface area (Å²) in [5.41, 5.74) is 1.01. The maximum atomic E-state index is 5.43. The summed E-state index contributed by atoms with van der Waals surface area (Å²) >= 11 is 0. The Morgan fingerprint density at radius 2 is 1.68 bits per heavy atom. The average Bonchev–Trinajstić information content (AvgIpc) is 2.70. The third kappa shape index (κ3) is 6.90. The van der Waals surface area contributed by atoms with Crippen molar-refractivity contribution in [3.8, 4) is 17.2 Å². The minimum absolute atomic E-state index is 0. The molecule has 0 aromatic heterocycles. The zero-order valence-electron chi connectivity index (χ0n) is 17.8. The van der Waals surface area contributed by atoms with Gasteiger partial charge in [-0.1, -0.05) is 26.2 Å². The zero-order chi connectivity index (χ0) is 19.6. The number of guanidine groups is 1. The highest BCUT2D eigenvalue weighted by Gasteiger charge is 2.21. The van der Waals surface area contributed by atoms with Crippen LogP contribution in [0, 0.1) is 11.8 Å². The van der Waals surface area contributed by atoms with E-state index in [2.05, 4.69) is 24.5 Å². The fraction of sp³-hybridized carbons (Fsp3) is 0.667. The van der Waals surface area contributed by atoms with Gasteiger partial charge in [-0.25, -0.2) is 4.99 Å². The molecule has 2 N–H and O–H groups in total. The van der Waals surface area contributed by atoms with E-state index in [4.69, 9.17) is 19.2 Å². The van der Waals surface area contributed by atoms with Crippen LogP contribution >= 0.6 is 24.0 Å². The summed E-state index contributed by atoms with van der Waals surface area (Å²) in [5.74, 6) is 4.26. The Bertz CT molecular complexity index is 600. The first kappa shape index (κ1) is 24.7. The first-order chi connectivity index (χ1) is 13.1. The molecule has 0 spiro atoms. The van der Waals surface area contributed by atoms with Crippen LogP contribution in [-0.2, 0) is 6.54 Å². The Kier molecular flexibility index (Phi) is 11.4. The van der Waals surface area contributed by atoms with E-state index in [0.717, 1.165) is 36.4 Å². The van der Waals surface area contributed by atoms with Crippen molar-refractivity contribution in [2.75, 3.05) is 34.4 Å². The molecule has 28 heavy (non-hydrogen) atoms. The van der Waals surface area contributed by atoms with Crippen molar-refractivity contribution < 1.29 is 14.2 Å². The molecule has 0 aliphatic heterocycles. The van der Waals surface area contributed by atoms with Crippen LogP contribution in [-0.4, -0.2) is 40.4 Å². The second-order valence-electron chi connectivity index (χ2n) is 7.13. The van der Waals surface area contributed by atoms with Gasteiger partial charge in [-0.3, -0.25) is 0 Å². The molecule has 7 heteroatoms. The van der Waals surface area contributed by atoms with E-state index in [1.165, 1.54) is 25.7 Å². The van der Waals surface area contributed by atoms with Gasteiger partial charge < -0.3 is 24.8 Å². The van der Waals surface area contributed by atoms with E-state index in [1.807, 2.05) is 12.1 Å². The molecule has 1 aromatic rings. The maximum absolute atomic E-state index is 5.43. The highest BCUT2D eigenvalue weighted by molar-refractivity contribution is 14.0. The molecule has 0 saturated heterocycles. The molecule has 0 heterocycles. The summed E-state index contributed by atoms with van der Waals surface area (Å²) in [5, 5.41) is 6.86. The third-order valence-corrected chi connectivity index (χ3v) is 5.31. The van der Waals surface area contributed by atoms with Crippen molar-refractivity contribution in [2.45, 2.75) is 46.1 Å². The molecule has 1 aliphatic rings. The topological polar surface area (TPSA) is 64.1 Å². The van der Waals surface area contributed by atoms with Gasteiger partial charge in [0.25, 0.3) is 0 Å². The molecule has 6 nitrogen and oxygen atoms in total. The van der Waals surface area contributed by atoms with E-state index in [1.54, 1.807) is 21.3 Å². The Morgan fingerprint density at radius 1 is 1.04 bits per heavy atom. The number of hydrogen-bond acceptors (Lipinski definition) is 4. The average molecular weight is 505 g/mol. The number of hydrogen-bond donors (Lipinski definition) is 2. The molecule has 0 amide bonds. The highest BCUT2D eigenvalue weighted by Crippen LogP contribution is 2.38. The van der Waals surface area contributed by atoms with Gasteiger partial charge >= 0.3 is 0 Å². The number of aliphatic imine (C=N–C) groups is 1. The van der Waals surface area contributed by atoms with E-state index >= 15 is 0 Å². The standard InChI is InChI=1S/C21H35N3O3.HI/c1-6-22-21(24-14-17-10-8-7-9-15(17)2)23-13-16-11-18(25-3)20(27-5)19(12-16)26-4;/h11-12,15,17H,6-10,13-14H2,1-5H3,(H2,22,23,24);1H. The number of benzene rings is 1. The summed E-state index contributed by atoms with van der Waals surface area (Å²) in [4.78, 5) is 4.74. The van der Waals surface area contributed by atoms with Gasteiger partial charge in [-0.15, -0.1) is 24.0 Å². The van der Waals surface area contributed by atoms with Gasteiger partial charge in [0.2, 0.25) is 5.75 Å². The number of halogens is 1. The summed E-state index contributed by atoms with van der Waals surface area (Å²) in [6.45, 7) is 6.79. The SMILES string of the molecule is CCNC(=NCc1cc(OC)c(OC)c(OC)c1)NCC1CCCCC1C.I. The third-order valence-electron chi connectivity index (χ3n) is 5.31. The quantitative estimate of drug-likeness (QED) is 0.315. The lowest BCUT2D eigenvalue weighted by Crippen LogP contribution is -2.41.